The zero-order chi connectivity index (χ0) is 25.3. The van der Waals surface area contributed by atoms with Crippen LogP contribution in [0.5, 0.6) is 0 Å². The number of carbonyl (C=O) groups is 3. The molecule has 0 aliphatic rings. The Morgan fingerprint density at radius 2 is 1.56 bits per heavy atom. The number of nitrogens with one attached hydrogen (secondary N) is 3. The highest BCUT2D eigenvalue weighted by molar-refractivity contribution is 7.89. The average Bonchev–Trinajstić information content (AvgIpc) is 2.81. The van der Waals surface area contributed by atoms with Crippen molar-refractivity contribution in [2.24, 2.45) is 0 Å². The molecule has 0 radical (unpaired) electrons. The van der Waals surface area contributed by atoms with Crippen molar-refractivity contribution in [1.29, 1.82) is 0 Å². The predicted octanol–water partition coefficient (Wildman–Crippen LogP) is 0.887. The molecule has 4 N–H and O–H groups in total. The molecule has 2 rings (SSSR count). The zero-order valence-electron chi connectivity index (χ0n) is 18.9. The van der Waals surface area contributed by atoms with Crippen LogP contribution in [-0.2, 0) is 19.6 Å². The number of hydrogen-bond donors (Lipinski definition) is 4. The van der Waals surface area contributed by atoms with Crippen molar-refractivity contribution < 1.29 is 27.9 Å². The van der Waals surface area contributed by atoms with Crippen molar-refractivity contribution in [2.45, 2.75) is 17.4 Å². The van der Waals surface area contributed by atoms with Gasteiger partial charge in [0.1, 0.15) is 6.04 Å². The summed E-state index contributed by atoms with van der Waals surface area (Å²) < 4.78 is 26.7. The smallest absolute Gasteiger partial charge is 0.323 e. The van der Waals surface area contributed by atoms with Gasteiger partial charge in [0.05, 0.1) is 4.90 Å². The van der Waals surface area contributed by atoms with Crippen LogP contribution in [0.15, 0.2) is 66.1 Å². The summed E-state index contributed by atoms with van der Waals surface area (Å²) in [5.74, 6) is -2.34. The lowest BCUT2D eigenvalue weighted by atomic mass is 10.1. The van der Waals surface area contributed by atoms with Crippen LogP contribution >= 0.6 is 0 Å². The molecule has 34 heavy (non-hydrogen) atoms. The maximum atomic E-state index is 12.3. The number of carboxylic acid groups (broad SMARTS) is 1. The van der Waals surface area contributed by atoms with Crippen molar-refractivity contribution >= 4 is 33.5 Å². The zero-order valence-corrected chi connectivity index (χ0v) is 19.8. The summed E-state index contributed by atoms with van der Waals surface area (Å²) in [7, 11) is -0.340. The Morgan fingerprint density at radius 1 is 0.971 bits per heavy atom. The third-order valence-electron chi connectivity index (χ3n) is 4.81. The summed E-state index contributed by atoms with van der Waals surface area (Å²) >= 11 is 0. The maximum Gasteiger partial charge on any atom is 0.323 e. The van der Waals surface area contributed by atoms with Crippen LogP contribution in [0.1, 0.15) is 22.3 Å². The molecule has 182 valence electrons. The highest BCUT2D eigenvalue weighted by atomic mass is 32.2. The van der Waals surface area contributed by atoms with Gasteiger partial charge in [0, 0.05) is 44.9 Å². The number of carboxylic acids is 1. The fourth-order valence-electron chi connectivity index (χ4n) is 2.80. The van der Waals surface area contributed by atoms with E-state index in [9.17, 15) is 27.9 Å². The molecule has 1 unspecified atom stereocenters. The highest BCUT2D eigenvalue weighted by Crippen LogP contribution is 2.15. The quantitative estimate of drug-likeness (QED) is 0.347. The van der Waals surface area contributed by atoms with Gasteiger partial charge in [-0.2, -0.15) is 4.72 Å². The Balaban J connectivity index is 1.82. The number of carbonyl (C=O) groups excluding carboxylic acids is 2. The van der Waals surface area contributed by atoms with Crippen LogP contribution < -0.4 is 15.4 Å². The number of rotatable bonds is 12. The molecule has 10 nitrogen and oxygen atoms in total. The molecule has 0 saturated heterocycles. The summed E-state index contributed by atoms with van der Waals surface area (Å²) in [6.45, 7) is 3.52. The van der Waals surface area contributed by atoms with Crippen LogP contribution in [0.2, 0.25) is 0 Å². The number of amides is 2. The molecule has 0 aromatic heterocycles. The van der Waals surface area contributed by atoms with E-state index in [0.29, 0.717) is 5.56 Å². The second-order valence-corrected chi connectivity index (χ2v) is 9.27. The lowest BCUT2D eigenvalue weighted by molar-refractivity contribution is -0.138. The lowest BCUT2D eigenvalue weighted by Gasteiger charge is -2.16. The summed E-state index contributed by atoms with van der Waals surface area (Å²) in [6, 6.07) is 12.6. The molecule has 0 fully saturated rings. The molecule has 0 aliphatic carbocycles. The van der Waals surface area contributed by atoms with E-state index in [-0.39, 0.29) is 23.8 Å². The molecule has 0 bridgehead atoms. The normalized spacial score (nSPS) is 11.8. The minimum absolute atomic E-state index is 0.0182. The van der Waals surface area contributed by atoms with E-state index in [4.69, 9.17) is 0 Å². The van der Waals surface area contributed by atoms with Gasteiger partial charge < -0.3 is 20.6 Å². The van der Waals surface area contributed by atoms with Gasteiger partial charge in [-0.1, -0.05) is 36.9 Å². The largest absolute Gasteiger partial charge is 0.480 e. The van der Waals surface area contributed by atoms with E-state index in [0.717, 1.165) is 11.3 Å². The minimum Gasteiger partial charge on any atom is -0.480 e. The second-order valence-electron chi connectivity index (χ2n) is 7.55. The van der Waals surface area contributed by atoms with Gasteiger partial charge >= 0.3 is 5.97 Å². The average molecular weight is 489 g/mol. The fourth-order valence-corrected chi connectivity index (χ4v) is 4.01. The molecule has 2 aromatic carbocycles. The number of benzene rings is 2. The Hall–Kier alpha value is -3.70. The van der Waals surface area contributed by atoms with Gasteiger partial charge in [-0.25, -0.2) is 8.42 Å². The first-order chi connectivity index (χ1) is 16.0. The summed E-state index contributed by atoms with van der Waals surface area (Å²) in [5, 5.41) is 14.3. The monoisotopic (exact) mass is 488 g/mol. The molecule has 0 saturated carbocycles. The lowest BCUT2D eigenvalue weighted by Crippen LogP contribution is -2.48. The van der Waals surface area contributed by atoms with Crippen LogP contribution in [-0.4, -0.2) is 69.4 Å². The van der Waals surface area contributed by atoms with E-state index >= 15 is 0 Å². The first-order valence-electron chi connectivity index (χ1n) is 10.3. The number of hydrogen-bond acceptors (Lipinski definition) is 6. The first-order valence-corrected chi connectivity index (χ1v) is 11.8. The van der Waals surface area contributed by atoms with Gasteiger partial charge in [0.2, 0.25) is 15.9 Å². The van der Waals surface area contributed by atoms with Crippen LogP contribution in [0.4, 0.5) is 0 Å². The van der Waals surface area contributed by atoms with Crippen LogP contribution in [0.25, 0.3) is 5.70 Å². The number of aliphatic carboxylic acids is 1. The molecule has 11 heteroatoms. The van der Waals surface area contributed by atoms with Crippen molar-refractivity contribution in [3.63, 3.8) is 0 Å². The molecule has 2 amide bonds. The molecular weight excluding hydrogens is 460 g/mol. The maximum absolute atomic E-state index is 12.3. The molecular formula is C23H28N4O6S. The van der Waals surface area contributed by atoms with Gasteiger partial charge in [-0.05, 0) is 29.8 Å². The van der Waals surface area contributed by atoms with Crippen LogP contribution in [0.3, 0.4) is 0 Å². The molecule has 1 atom stereocenters. The van der Waals surface area contributed by atoms with Crippen molar-refractivity contribution in [3.8, 4) is 0 Å². The van der Waals surface area contributed by atoms with E-state index in [1.54, 1.807) is 30.3 Å². The highest BCUT2D eigenvalue weighted by Gasteiger charge is 2.25. The third kappa shape index (κ3) is 7.71. The summed E-state index contributed by atoms with van der Waals surface area (Å²) in [5.41, 5.74) is 2.09. The standard InChI is InChI=1S/C23H28N4O6S/c1-16(27(2)3)17-9-11-18(12-10-17)22(29)24-14-13-21(28)25-15-20(23(30)31)26-34(32,33)19-7-5-4-6-8-19/h4-12,20,26H,1,13-15H2,2-3H3,(H,24,29)(H,25,28)(H,30,31). The molecule has 2 aromatic rings. The topological polar surface area (TPSA) is 145 Å². The molecule has 0 heterocycles. The number of sulfonamides is 1. The fraction of sp³-hybridized carbons (Fsp3) is 0.261. The van der Waals surface area contributed by atoms with Crippen molar-refractivity contribution in [3.05, 3.63) is 72.3 Å². The minimum atomic E-state index is -4.07. The van der Waals surface area contributed by atoms with Gasteiger partial charge in [-0.15, -0.1) is 0 Å². The Bertz CT molecular complexity index is 1130. The Morgan fingerprint density at radius 3 is 2.12 bits per heavy atom. The second kappa shape index (κ2) is 12.0. The van der Waals surface area contributed by atoms with Crippen LogP contribution in [0, 0.1) is 0 Å². The summed E-state index contributed by atoms with van der Waals surface area (Å²) in [6.07, 6.45) is -0.112. The summed E-state index contributed by atoms with van der Waals surface area (Å²) in [4.78, 5) is 37.5. The molecule has 0 aliphatic heterocycles. The third-order valence-corrected chi connectivity index (χ3v) is 6.30. The van der Waals surface area contributed by atoms with Gasteiger partial charge in [0.25, 0.3) is 5.91 Å². The van der Waals surface area contributed by atoms with E-state index < -0.39 is 34.5 Å². The van der Waals surface area contributed by atoms with E-state index in [1.165, 1.54) is 24.3 Å². The van der Waals surface area contributed by atoms with Gasteiger partial charge in [-0.3, -0.25) is 14.4 Å². The van der Waals surface area contributed by atoms with E-state index in [1.807, 2.05) is 19.0 Å². The SMILES string of the molecule is C=C(c1ccc(C(=O)NCCC(=O)NCC(NS(=O)(=O)c2ccccc2)C(=O)O)cc1)N(C)C. The Kier molecular flexibility index (Phi) is 9.34. The van der Waals surface area contributed by atoms with Crippen molar-refractivity contribution in [1.82, 2.24) is 20.3 Å². The molecule has 0 spiro atoms. The van der Waals surface area contributed by atoms with E-state index in [2.05, 4.69) is 21.9 Å². The van der Waals surface area contributed by atoms with Gasteiger partial charge in [0.15, 0.2) is 0 Å². The first kappa shape index (κ1) is 26.6. The predicted molar refractivity (Wildman–Crippen MR) is 127 cm³/mol. The number of nitrogens with zero attached hydrogens (tertiary/aromatic N) is 1. The van der Waals surface area contributed by atoms with Crippen molar-refractivity contribution in [2.75, 3.05) is 27.2 Å². The Labute approximate surface area is 198 Å².